The van der Waals surface area contributed by atoms with Gasteiger partial charge in [-0.2, -0.15) is 0 Å². The van der Waals surface area contributed by atoms with E-state index in [0.717, 1.165) is 29.8 Å². The molecule has 0 bridgehead atoms. The van der Waals surface area contributed by atoms with Gasteiger partial charge in [0.15, 0.2) is 0 Å². The number of hydrogen-bond donors (Lipinski definition) is 2. The third-order valence-electron chi connectivity index (χ3n) is 4.64. The van der Waals surface area contributed by atoms with E-state index in [1.807, 2.05) is 48.5 Å². The van der Waals surface area contributed by atoms with Gasteiger partial charge in [0.05, 0.1) is 0 Å². The molecule has 0 unspecified atom stereocenters. The second-order valence-electron chi connectivity index (χ2n) is 6.54. The van der Waals surface area contributed by atoms with E-state index in [-0.39, 0.29) is 12.1 Å². The Balaban J connectivity index is 1.40. The minimum absolute atomic E-state index is 0.0504. The molecule has 2 amide bonds. The maximum absolute atomic E-state index is 12.2. The number of rotatable bonds is 4. The lowest BCUT2D eigenvalue weighted by Crippen LogP contribution is -2.28. The van der Waals surface area contributed by atoms with Crippen LogP contribution in [0.15, 0.2) is 73.1 Å². The van der Waals surface area contributed by atoms with E-state index in [4.69, 9.17) is 4.74 Å². The van der Waals surface area contributed by atoms with E-state index in [1.165, 1.54) is 11.1 Å². The van der Waals surface area contributed by atoms with Gasteiger partial charge in [-0.05, 0) is 47.7 Å². The van der Waals surface area contributed by atoms with Gasteiger partial charge in [-0.15, -0.1) is 0 Å². The summed E-state index contributed by atoms with van der Waals surface area (Å²) in [6.45, 7) is 0.450. The van der Waals surface area contributed by atoms with E-state index in [0.29, 0.717) is 6.54 Å². The van der Waals surface area contributed by atoms with Crippen LogP contribution in [-0.2, 0) is 13.0 Å². The van der Waals surface area contributed by atoms with Crippen molar-refractivity contribution in [3.63, 3.8) is 0 Å². The highest BCUT2D eigenvalue weighted by Crippen LogP contribution is 2.36. The second-order valence-corrected chi connectivity index (χ2v) is 6.54. The Kier molecular flexibility index (Phi) is 5.01. The third kappa shape index (κ3) is 4.26. The number of nitrogens with one attached hydrogen (secondary N) is 2. The third-order valence-corrected chi connectivity index (χ3v) is 4.64. The van der Waals surface area contributed by atoms with Crippen molar-refractivity contribution in [3.8, 4) is 5.75 Å². The predicted octanol–water partition coefficient (Wildman–Crippen LogP) is 4.47. The number of benzene rings is 2. The fraction of sp³-hybridized carbons (Fsp3) is 0.182. The highest BCUT2D eigenvalue weighted by molar-refractivity contribution is 5.89. The normalized spacial score (nSPS) is 15.3. The minimum Gasteiger partial charge on any atom is -0.485 e. The lowest BCUT2D eigenvalue weighted by atomic mass is 9.97. The van der Waals surface area contributed by atoms with Crippen molar-refractivity contribution in [1.29, 1.82) is 0 Å². The van der Waals surface area contributed by atoms with Gasteiger partial charge >= 0.3 is 6.03 Å². The van der Waals surface area contributed by atoms with Crippen LogP contribution in [-0.4, -0.2) is 11.0 Å². The smallest absolute Gasteiger partial charge is 0.319 e. The highest BCUT2D eigenvalue weighted by atomic mass is 16.5. The molecule has 2 N–H and O–H groups in total. The van der Waals surface area contributed by atoms with Crippen molar-refractivity contribution in [1.82, 2.24) is 10.3 Å². The quantitative estimate of drug-likeness (QED) is 0.722. The average Bonchev–Trinajstić information content (AvgIpc) is 2.73. The van der Waals surface area contributed by atoms with Crippen LogP contribution in [0, 0.1) is 0 Å². The first-order valence-electron chi connectivity index (χ1n) is 9.06. The molecule has 0 saturated carbocycles. The summed E-state index contributed by atoms with van der Waals surface area (Å²) in [5.41, 5.74) is 4.07. The van der Waals surface area contributed by atoms with Gasteiger partial charge in [-0.3, -0.25) is 4.98 Å². The molecule has 1 aliphatic heterocycles. The van der Waals surface area contributed by atoms with Gasteiger partial charge in [-0.25, -0.2) is 4.79 Å². The molecule has 1 aromatic heterocycles. The topological polar surface area (TPSA) is 63.2 Å². The zero-order valence-corrected chi connectivity index (χ0v) is 14.9. The summed E-state index contributed by atoms with van der Waals surface area (Å²) < 4.78 is 6.19. The van der Waals surface area contributed by atoms with Crippen LogP contribution in [0.25, 0.3) is 0 Å². The van der Waals surface area contributed by atoms with E-state index in [1.54, 1.807) is 12.4 Å². The molecular formula is C22H21N3O2. The fourth-order valence-electron chi connectivity index (χ4n) is 3.21. The number of ether oxygens (including phenoxy) is 1. The maximum Gasteiger partial charge on any atom is 0.319 e. The van der Waals surface area contributed by atoms with Gasteiger partial charge in [-0.1, -0.05) is 36.4 Å². The monoisotopic (exact) mass is 359 g/mol. The molecule has 5 nitrogen and oxygen atoms in total. The largest absolute Gasteiger partial charge is 0.485 e. The number of fused-ring (bicyclic) bond motifs is 1. The zero-order chi connectivity index (χ0) is 18.5. The molecule has 2 aromatic carbocycles. The summed E-state index contributed by atoms with van der Waals surface area (Å²) in [5.74, 6) is 0.835. The fourth-order valence-corrected chi connectivity index (χ4v) is 3.21. The summed E-state index contributed by atoms with van der Waals surface area (Å²) in [6.07, 6.45) is 5.38. The standard InChI is InChI=1S/C22H21N3O2/c26-22(24-15-16-10-12-23-13-11-16)25-19-8-6-18-7-9-20(27-21(18)14-19)17-4-2-1-3-5-17/h1-6,8,10-14,20H,7,9,15H2,(H2,24,25,26)/t20-/m1/s1. The Morgan fingerprint density at radius 3 is 2.70 bits per heavy atom. The van der Waals surface area contributed by atoms with Crippen LogP contribution in [0.5, 0.6) is 5.75 Å². The van der Waals surface area contributed by atoms with Crippen LogP contribution in [0.1, 0.15) is 29.2 Å². The van der Waals surface area contributed by atoms with E-state index >= 15 is 0 Å². The number of aromatic nitrogens is 1. The van der Waals surface area contributed by atoms with Gasteiger partial charge in [0, 0.05) is 30.7 Å². The molecule has 0 saturated heterocycles. The van der Waals surface area contributed by atoms with Gasteiger partial charge in [0.25, 0.3) is 0 Å². The summed E-state index contributed by atoms with van der Waals surface area (Å²) in [6, 6.07) is 19.6. The van der Waals surface area contributed by atoms with Crippen molar-refractivity contribution in [2.45, 2.75) is 25.5 Å². The molecule has 0 fully saturated rings. The van der Waals surface area contributed by atoms with Crippen LogP contribution in [0.4, 0.5) is 10.5 Å². The predicted molar refractivity (Wildman–Crippen MR) is 105 cm³/mol. The first-order valence-corrected chi connectivity index (χ1v) is 9.06. The summed E-state index contributed by atoms with van der Waals surface area (Å²) in [4.78, 5) is 16.1. The van der Waals surface area contributed by atoms with Crippen molar-refractivity contribution in [2.24, 2.45) is 0 Å². The van der Waals surface area contributed by atoms with Crippen molar-refractivity contribution in [2.75, 3.05) is 5.32 Å². The van der Waals surface area contributed by atoms with Crippen molar-refractivity contribution < 1.29 is 9.53 Å². The van der Waals surface area contributed by atoms with Crippen molar-refractivity contribution >= 4 is 11.7 Å². The summed E-state index contributed by atoms with van der Waals surface area (Å²) in [5, 5.41) is 5.71. The zero-order valence-electron chi connectivity index (χ0n) is 14.9. The molecule has 0 aliphatic carbocycles. The Morgan fingerprint density at radius 2 is 1.89 bits per heavy atom. The Hall–Kier alpha value is -3.34. The number of amides is 2. The summed E-state index contributed by atoms with van der Waals surface area (Å²) in [7, 11) is 0. The van der Waals surface area contributed by atoms with E-state index < -0.39 is 0 Å². The first kappa shape index (κ1) is 17.1. The molecule has 1 atom stereocenters. The molecular weight excluding hydrogens is 338 g/mol. The summed E-state index contributed by atoms with van der Waals surface area (Å²) >= 11 is 0. The molecule has 3 aromatic rings. The number of carbonyl (C=O) groups is 1. The van der Waals surface area contributed by atoms with Crippen LogP contribution in [0.3, 0.4) is 0 Å². The van der Waals surface area contributed by atoms with Crippen molar-refractivity contribution in [3.05, 3.63) is 89.7 Å². The Bertz CT molecular complexity index is 913. The Labute approximate surface area is 158 Å². The maximum atomic E-state index is 12.2. The molecule has 5 heteroatoms. The number of carbonyl (C=O) groups excluding carboxylic acids is 1. The number of pyridine rings is 1. The van der Waals surface area contributed by atoms with Crippen LogP contribution >= 0.6 is 0 Å². The molecule has 27 heavy (non-hydrogen) atoms. The lowest BCUT2D eigenvalue weighted by Gasteiger charge is -2.27. The molecule has 2 heterocycles. The molecule has 136 valence electrons. The lowest BCUT2D eigenvalue weighted by molar-refractivity contribution is 0.177. The number of anilines is 1. The number of hydrogen-bond acceptors (Lipinski definition) is 3. The van der Waals surface area contributed by atoms with Gasteiger partial charge in [0.2, 0.25) is 0 Å². The number of urea groups is 1. The minimum atomic E-state index is -0.248. The Morgan fingerprint density at radius 1 is 1.07 bits per heavy atom. The molecule has 0 radical (unpaired) electrons. The highest BCUT2D eigenvalue weighted by Gasteiger charge is 2.21. The SMILES string of the molecule is O=C(NCc1ccncc1)Nc1ccc2c(c1)O[C@@H](c1ccccc1)CC2. The van der Waals surface area contributed by atoms with Gasteiger partial charge in [0.1, 0.15) is 11.9 Å². The van der Waals surface area contributed by atoms with Crippen LogP contribution < -0.4 is 15.4 Å². The molecule has 4 rings (SSSR count). The number of aryl methyl sites for hydroxylation is 1. The first-order chi connectivity index (χ1) is 13.3. The van der Waals surface area contributed by atoms with E-state index in [9.17, 15) is 4.79 Å². The second kappa shape index (κ2) is 7.91. The van der Waals surface area contributed by atoms with Gasteiger partial charge < -0.3 is 15.4 Å². The molecule has 0 spiro atoms. The average molecular weight is 359 g/mol. The van der Waals surface area contributed by atoms with Crippen LogP contribution in [0.2, 0.25) is 0 Å². The molecule has 1 aliphatic rings. The van der Waals surface area contributed by atoms with E-state index in [2.05, 4.69) is 27.8 Å². The number of nitrogens with zero attached hydrogens (tertiary/aromatic N) is 1.